The van der Waals surface area contributed by atoms with Crippen molar-refractivity contribution in [1.29, 1.82) is 0 Å². The maximum absolute atomic E-state index is 10.3. The van der Waals surface area contributed by atoms with E-state index in [1.165, 1.54) is 7.11 Å². The molecule has 1 saturated heterocycles. The molecule has 0 saturated carbocycles. The van der Waals surface area contributed by atoms with Crippen LogP contribution in [-0.4, -0.2) is 58.6 Å². The smallest absolute Gasteiger partial charge is 0.224 e. The molecule has 5 atom stereocenters. The van der Waals surface area contributed by atoms with Gasteiger partial charge in [0.25, 0.3) is 0 Å². The van der Waals surface area contributed by atoms with E-state index in [0.29, 0.717) is 10.6 Å². The summed E-state index contributed by atoms with van der Waals surface area (Å²) in [6.07, 6.45) is -5.59. The van der Waals surface area contributed by atoms with Crippen molar-refractivity contribution < 1.29 is 29.9 Å². The average molecular weight is 319 g/mol. The van der Waals surface area contributed by atoms with Gasteiger partial charge in [-0.3, -0.25) is 0 Å². The van der Waals surface area contributed by atoms with Gasteiger partial charge in [-0.25, -0.2) is 0 Å². The van der Waals surface area contributed by atoms with E-state index in [-0.39, 0.29) is 0 Å². The molecule has 21 heavy (non-hydrogen) atoms. The summed E-state index contributed by atoms with van der Waals surface area (Å²) in [5, 5.41) is 39.8. The zero-order valence-electron chi connectivity index (χ0n) is 11.7. The molecule has 6 nitrogen and oxygen atoms in total. The summed E-state index contributed by atoms with van der Waals surface area (Å²) in [4.78, 5) is 0. The molecular weight excluding hydrogens is 300 g/mol. The second-order valence-corrected chi connectivity index (χ2v) is 5.51. The normalized spacial score (nSPS) is 36.7. The molecule has 0 aliphatic carbocycles. The number of aliphatic hydroxyl groups excluding tert-OH is 4. The van der Waals surface area contributed by atoms with Crippen molar-refractivity contribution >= 4 is 11.6 Å². The van der Waals surface area contributed by atoms with Crippen LogP contribution in [-0.2, 0) is 15.3 Å². The predicted octanol–water partition coefficient (Wildman–Crippen LogP) is -0.0786. The lowest BCUT2D eigenvalue weighted by molar-refractivity contribution is -0.366. The molecule has 1 aliphatic rings. The number of benzene rings is 1. The Hall–Kier alpha value is -0.730. The Morgan fingerprint density at radius 1 is 1.29 bits per heavy atom. The highest BCUT2D eigenvalue weighted by molar-refractivity contribution is 6.31. The third kappa shape index (κ3) is 2.68. The number of aryl methyl sites for hydroxylation is 1. The lowest BCUT2D eigenvalue weighted by Gasteiger charge is -2.47. The summed E-state index contributed by atoms with van der Waals surface area (Å²) < 4.78 is 10.9. The van der Waals surface area contributed by atoms with Crippen LogP contribution in [0.25, 0.3) is 0 Å². The van der Waals surface area contributed by atoms with Crippen LogP contribution in [0.2, 0.25) is 5.02 Å². The second-order valence-electron chi connectivity index (χ2n) is 5.10. The van der Waals surface area contributed by atoms with Crippen LogP contribution in [0.5, 0.6) is 0 Å². The Kier molecular flexibility index (Phi) is 4.89. The number of rotatable bonds is 3. The highest BCUT2D eigenvalue weighted by atomic mass is 35.5. The minimum absolute atomic E-state index is 0.387. The molecule has 0 radical (unpaired) electrons. The molecule has 1 heterocycles. The van der Waals surface area contributed by atoms with Crippen LogP contribution in [0, 0.1) is 6.92 Å². The van der Waals surface area contributed by atoms with E-state index in [9.17, 15) is 20.4 Å². The molecular formula is C14H19ClO6. The van der Waals surface area contributed by atoms with Gasteiger partial charge < -0.3 is 29.9 Å². The van der Waals surface area contributed by atoms with E-state index in [4.69, 9.17) is 21.1 Å². The summed E-state index contributed by atoms with van der Waals surface area (Å²) in [5.41, 5.74) is 1.22. The van der Waals surface area contributed by atoms with Crippen LogP contribution < -0.4 is 0 Å². The Morgan fingerprint density at radius 3 is 2.48 bits per heavy atom. The van der Waals surface area contributed by atoms with Crippen LogP contribution in [0.1, 0.15) is 11.1 Å². The molecule has 1 aliphatic heterocycles. The van der Waals surface area contributed by atoms with Gasteiger partial charge in [0.15, 0.2) is 0 Å². The van der Waals surface area contributed by atoms with Crippen molar-refractivity contribution in [3.63, 3.8) is 0 Å². The average Bonchev–Trinajstić information content (AvgIpc) is 2.49. The maximum Gasteiger partial charge on any atom is 0.224 e. The molecule has 0 aromatic heterocycles. The fraction of sp³-hybridized carbons (Fsp3) is 0.571. The Morgan fingerprint density at radius 2 is 1.95 bits per heavy atom. The van der Waals surface area contributed by atoms with Gasteiger partial charge in [0, 0.05) is 17.7 Å². The lowest BCUT2D eigenvalue weighted by atomic mass is 9.87. The van der Waals surface area contributed by atoms with Gasteiger partial charge >= 0.3 is 0 Å². The van der Waals surface area contributed by atoms with Crippen molar-refractivity contribution in [2.45, 2.75) is 37.1 Å². The predicted molar refractivity (Wildman–Crippen MR) is 74.9 cm³/mol. The number of aliphatic hydroxyl groups is 4. The molecule has 2 rings (SSSR count). The Bertz CT molecular complexity index is 508. The van der Waals surface area contributed by atoms with Crippen molar-refractivity contribution in [1.82, 2.24) is 0 Å². The van der Waals surface area contributed by atoms with Crippen LogP contribution in [0.4, 0.5) is 0 Å². The lowest BCUT2D eigenvalue weighted by Crippen LogP contribution is -2.64. The van der Waals surface area contributed by atoms with Gasteiger partial charge in [-0.1, -0.05) is 23.7 Å². The molecule has 4 N–H and O–H groups in total. The topological polar surface area (TPSA) is 99.4 Å². The summed E-state index contributed by atoms with van der Waals surface area (Å²) in [5.74, 6) is -1.72. The van der Waals surface area contributed by atoms with Crippen molar-refractivity contribution in [3.05, 3.63) is 34.3 Å². The minimum Gasteiger partial charge on any atom is -0.394 e. The SMILES string of the molecule is CO[C@@]1(c2ccc(C)c(Cl)c2)O[C@H](CO)[C@@H](O)[C@H](O)[C@H]1O. The third-order valence-corrected chi connectivity index (χ3v) is 4.23. The monoisotopic (exact) mass is 318 g/mol. The standard InChI is InChI=1S/C14H19ClO6/c1-7-3-4-8(5-9(7)15)14(20-2)13(19)12(18)11(17)10(6-16)21-14/h3-5,10-13,16-19H,6H2,1-2H3/t10-,11-,12+,13-,14+/m1/s1. The molecule has 7 heteroatoms. The number of hydrogen-bond donors (Lipinski definition) is 4. The Balaban J connectivity index is 2.49. The van der Waals surface area contributed by atoms with Gasteiger partial charge in [0.05, 0.1) is 6.61 Å². The van der Waals surface area contributed by atoms with E-state index in [2.05, 4.69) is 0 Å². The van der Waals surface area contributed by atoms with E-state index in [1.807, 2.05) is 6.92 Å². The molecule has 0 unspecified atom stereocenters. The van der Waals surface area contributed by atoms with Gasteiger partial charge in [-0.05, 0) is 18.6 Å². The van der Waals surface area contributed by atoms with Crippen LogP contribution in [0.15, 0.2) is 18.2 Å². The highest BCUT2D eigenvalue weighted by Gasteiger charge is 2.55. The quantitative estimate of drug-likeness (QED) is 0.622. The zero-order chi connectivity index (χ0) is 15.8. The van der Waals surface area contributed by atoms with Crippen molar-refractivity contribution in [2.24, 2.45) is 0 Å². The fourth-order valence-electron chi connectivity index (χ4n) is 2.48. The molecule has 0 bridgehead atoms. The van der Waals surface area contributed by atoms with E-state index >= 15 is 0 Å². The number of hydrogen-bond acceptors (Lipinski definition) is 6. The molecule has 1 fully saturated rings. The fourth-order valence-corrected chi connectivity index (χ4v) is 2.66. The first kappa shape index (κ1) is 16.6. The number of methoxy groups -OCH3 is 1. The molecule has 0 spiro atoms. The first-order chi connectivity index (χ1) is 9.87. The molecule has 118 valence electrons. The number of halogens is 1. The van der Waals surface area contributed by atoms with Crippen molar-refractivity contribution in [3.8, 4) is 0 Å². The maximum atomic E-state index is 10.3. The number of ether oxygens (including phenoxy) is 2. The molecule has 0 amide bonds. The Labute approximate surface area is 127 Å². The van der Waals surface area contributed by atoms with E-state index in [1.54, 1.807) is 18.2 Å². The summed E-state index contributed by atoms with van der Waals surface area (Å²) in [6, 6.07) is 4.93. The van der Waals surface area contributed by atoms with Crippen molar-refractivity contribution in [2.75, 3.05) is 13.7 Å². The van der Waals surface area contributed by atoms with Crippen LogP contribution in [0.3, 0.4) is 0 Å². The first-order valence-electron chi connectivity index (χ1n) is 6.52. The minimum atomic E-state index is -1.72. The first-order valence-corrected chi connectivity index (χ1v) is 6.89. The highest BCUT2D eigenvalue weighted by Crippen LogP contribution is 2.40. The van der Waals surface area contributed by atoms with E-state index in [0.717, 1.165) is 5.56 Å². The summed E-state index contributed by atoms with van der Waals surface area (Å²) in [6.45, 7) is 1.29. The summed E-state index contributed by atoms with van der Waals surface area (Å²) in [7, 11) is 1.30. The third-order valence-electron chi connectivity index (χ3n) is 3.83. The molecule has 1 aromatic rings. The molecule has 1 aromatic carbocycles. The second kappa shape index (κ2) is 6.18. The van der Waals surface area contributed by atoms with Crippen LogP contribution >= 0.6 is 11.6 Å². The largest absolute Gasteiger partial charge is 0.394 e. The van der Waals surface area contributed by atoms with Gasteiger partial charge in [-0.15, -0.1) is 0 Å². The van der Waals surface area contributed by atoms with Gasteiger partial charge in [-0.2, -0.15) is 0 Å². The summed E-state index contributed by atoms with van der Waals surface area (Å²) >= 11 is 6.08. The van der Waals surface area contributed by atoms with Gasteiger partial charge in [0.2, 0.25) is 5.79 Å². The zero-order valence-corrected chi connectivity index (χ0v) is 12.5. The van der Waals surface area contributed by atoms with E-state index < -0.39 is 36.8 Å². The van der Waals surface area contributed by atoms with Gasteiger partial charge in [0.1, 0.15) is 24.4 Å².